The molecule has 26 heavy (non-hydrogen) atoms. The third kappa shape index (κ3) is 3.26. The van der Waals surface area contributed by atoms with Gasteiger partial charge in [-0.3, -0.25) is 0 Å². The molecule has 4 aromatic carbocycles. The first-order valence-corrected chi connectivity index (χ1v) is 9.06. The minimum atomic E-state index is -0.364. The number of carbonyl (C=O) groups excluding carboxylic acids is 1. The van der Waals surface area contributed by atoms with Gasteiger partial charge in [0.05, 0.1) is 5.56 Å². The maximum atomic E-state index is 12.6. The van der Waals surface area contributed by atoms with Crippen molar-refractivity contribution in [2.45, 2.75) is 0 Å². The van der Waals surface area contributed by atoms with E-state index in [-0.39, 0.29) is 5.97 Å². The summed E-state index contributed by atoms with van der Waals surface area (Å²) in [4.78, 5) is 12.6. The number of benzene rings is 4. The van der Waals surface area contributed by atoms with Crippen molar-refractivity contribution in [2.24, 2.45) is 0 Å². The van der Waals surface area contributed by atoms with E-state index in [4.69, 9.17) is 4.74 Å². The van der Waals surface area contributed by atoms with Gasteiger partial charge in [-0.15, -0.1) is 0 Å². The Bertz CT molecular complexity index is 1070. The number of halogens is 1. The Morgan fingerprint density at radius 1 is 0.654 bits per heavy atom. The lowest BCUT2D eigenvalue weighted by atomic mass is 10.0. The Kier molecular flexibility index (Phi) is 4.55. The van der Waals surface area contributed by atoms with Crippen molar-refractivity contribution in [3.05, 3.63) is 101 Å². The van der Waals surface area contributed by atoms with E-state index < -0.39 is 0 Å². The van der Waals surface area contributed by atoms with Crippen molar-refractivity contribution < 1.29 is 9.53 Å². The van der Waals surface area contributed by atoms with Gasteiger partial charge in [0, 0.05) is 9.86 Å². The Morgan fingerprint density at radius 2 is 1.27 bits per heavy atom. The molecule has 0 aromatic heterocycles. The average molecular weight is 403 g/mol. The van der Waals surface area contributed by atoms with Gasteiger partial charge in [-0.25, -0.2) is 4.79 Å². The summed E-state index contributed by atoms with van der Waals surface area (Å²) in [5, 5.41) is 1.91. The maximum absolute atomic E-state index is 12.6. The molecule has 0 atom stereocenters. The van der Waals surface area contributed by atoms with E-state index in [9.17, 15) is 4.79 Å². The predicted molar refractivity (Wildman–Crippen MR) is 108 cm³/mol. The quantitative estimate of drug-likeness (QED) is 0.289. The highest BCUT2D eigenvalue weighted by atomic mass is 79.9. The second-order valence-corrected chi connectivity index (χ2v) is 6.78. The van der Waals surface area contributed by atoms with Crippen molar-refractivity contribution in [1.82, 2.24) is 0 Å². The van der Waals surface area contributed by atoms with Crippen LogP contribution >= 0.6 is 15.9 Å². The second-order valence-electron chi connectivity index (χ2n) is 5.92. The summed E-state index contributed by atoms with van der Waals surface area (Å²) in [5.41, 5.74) is 2.71. The number of carbonyl (C=O) groups is 1. The number of ether oxygens (including phenoxy) is 1. The standard InChI is InChI=1S/C23H15BrO2/c24-21-14-15-22(20-9-5-4-8-19(20)21)26-23(25)18-12-10-17(11-13-18)16-6-2-1-3-7-16/h1-15H. The second kappa shape index (κ2) is 7.14. The molecule has 3 heteroatoms. The molecule has 0 amide bonds. The van der Waals surface area contributed by atoms with Crippen LogP contribution in [0.2, 0.25) is 0 Å². The Morgan fingerprint density at radius 3 is 2.00 bits per heavy atom. The molecular weight excluding hydrogens is 388 g/mol. The van der Waals surface area contributed by atoms with Gasteiger partial charge in [0.1, 0.15) is 5.75 Å². The molecular formula is C23H15BrO2. The van der Waals surface area contributed by atoms with Crippen molar-refractivity contribution in [3.63, 3.8) is 0 Å². The number of rotatable bonds is 3. The number of fused-ring (bicyclic) bond motifs is 1. The van der Waals surface area contributed by atoms with E-state index in [1.165, 1.54) is 0 Å². The van der Waals surface area contributed by atoms with Crippen LogP contribution in [0.4, 0.5) is 0 Å². The van der Waals surface area contributed by atoms with Gasteiger partial charge in [-0.2, -0.15) is 0 Å². The first-order valence-electron chi connectivity index (χ1n) is 8.27. The van der Waals surface area contributed by atoms with E-state index in [0.717, 1.165) is 26.4 Å². The van der Waals surface area contributed by atoms with E-state index in [1.807, 2.05) is 78.9 Å². The topological polar surface area (TPSA) is 26.3 Å². The molecule has 0 aliphatic rings. The molecule has 0 aliphatic carbocycles. The highest BCUT2D eigenvalue weighted by Gasteiger charge is 2.12. The molecule has 0 unspecified atom stereocenters. The Balaban J connectivity index is 1.60. The van der Waals surface area contributed by atoms with Crippen LogP contribution in [-0.4, -0.2) is 5.97 Å². The van der Waals surface area contributed by atoms with Crippen molar-refractivity contribution in [2.75, 3.05) is 0 Å². The van der Waals surface area contributed by atoms with Gasteiger partial charge in [0.25, 0.3) is 0 Å². The zero-order valence-electron chi connectivity index (χ0n) is 13.9. The maximum Gasteiger partial charge on any atom is 0.343 e. The molecule has 0 radical (unpaired) electrons. The lowest BCUT2D eigenvalue weighted by Gasteiger charge is -2.09. The molecule has 4 rings (SSSR count). The fourth-order valence-corrected chi connectivity index (χ4v) is 3.39. The van der Waals surface area contributed by atoms with Crippen LogP contribution in [-0.2, 0) is 0 Å². The van der Waals surface area contributed by atoms with Crippen LogP contribution in [0.25, 0.3) is 21.9 Å². The normalized spacial score (nSPS) is 10.7. The summed E-state index contributed by atoms with van der Waals surface area (Å²) in [6.45, 7) is 0. The monoisotopic (exact) mass is 402 g/mol. The van der Waals surface area contributed by atoms with E-state index in [1.54, 1.807) is 12.1 Å². The van der Waals surface area contributed by atoms with Gasteiger partial charge in [-0.05, 0) is 40.8 Å². The van der Waals surface area contributed by atoms with Crippen LogP contribution in [0.1, 0.15) is 10.4 Å². The largest absolute Gasteiger partial charge is 0.422 e. The Labute approximate surface area is 160 Å². The molecule has 0 fully saturated rings. The molecule has 0 aliphatic heterocycles. The van der Waals surface area contributed by atoms with Crippen LogP contribution in [0.3, 0.4) is 0 Å². The highest BCUT2D eigenvalue weighted by molar-refractivity contribution is 9.10. The highest BCUT2D eigenvalue weighted by Crippen LogP contribution is 2.32. The van der Waals surface area contributed by atoms with Crippen molar-refractivity contribution in [3.8, 4) is 16.9 Å². The predicted octanol–water partition coefficient (Wildman–Crippen LogP) is 6.49. The van der Waals surface area contributed by atoms with Crippen LogP contribution in [0.15, 0.2) is 95.5 Å². The summed E-state index contributed by atoms with van der Waals surface area (Å²) in [6, 6.07) is 29.1. The molecule has 0 saturated heterocycles. The summed E-state index contributed by atoms with van der Waals surface area (Å²) < 4.78 is 6.63. The van der Waals surface area contributed by atoms with Gasteiger partial charge in [0.2, 0.25) is 0 Å². The van der Waals surface area contributed by atoms with Crippen molar-refractivity contribution in [1.29, 1.82) is 0 Å². The van der Waals surface area contributed by atoms with E-state index in [0.29, 0.717) is 11.3 Å². The van der Waals surface area contributed by atoms with Gasteiger partial charge in [-0.1, -0.05) is 82.7 Å². The smallest absolute Gasteiger partial charge is 0.343 e. The first kappa shape index (κ1) is 16.6. The van der Waals surface area contributed by atoms with Crippen LogP contribution < -0.4 is 4.74 Å². The molecule has 0 saturated carbocycles. The van der Waals surface area contributed by atoms with E-state index >= 15 is 0 Å². The molecule has 0 spiro atoms. The molecule has 0 heterocycles. The summed E-state index contributed by atoms with van der Waals surface area (Å²) in [6.07, 6.45) is 0. The Hall–Kier alpha value is -2.91. The van der Waals surface area contributed by atoms with E-state index in [2.05, 4.69) is 15.9 Å². The fourth-order valence-electron chi connectivity index (χ4n) is 2.91. The lowest BCUT2D eigenvalue weighted by Crippen LogP contribution is -2.08. The fraction of sp³-hybridized carbons (Fsp3) is 0. The van der Waals surface area contributed by atoms with Crippen LogP contribution in [0.5, 0.6) is 5.75 Å². The number of hydrogen-bond acceptors (Lipinski definition) is 2. The zero-order chi connectivity index (χ0) is 17.9. The molecule has 2 nitrogen and oxygen atoms in total. The summed E-state index contributed by atoms with van der Waals surface area (Å²) in [5.74, 6) is 0.193. The molecule has 4 aromatic rings. The minimum absolute atomic E-state index is 0.364. The number of esters is 1. The summed E-state index contributed by atoms with van der Waals surface area (Å²) >= 11 is 3.53. The minimum Gasteiger partial charge on any atom is -0.422 e. The lowest BCUT2D eigenvalue weighted by molar-refractivity contribution is 0.0737. The number of hydrogen-bond donors (Lipinski definition) is 0. The third-order valence-electron chi connectivity index (χ3n) is 4.26. The molecule has 0 bridgehead atoms. The average Bonchev–Trinajstić information content (AvgIpc) is 2.71. The SMILES string of the molecule is O=C(Oc1ccc(Br)c2ccccc12)c1ccc(-c2ccccc2)cc1. The molecule has 126 valence electrons. The first-order chi connectivity index (χ1) is 12.7. The van der Waals surface area contributed by atoms with Gasteiger partial charge >= 0.3 is 5.97 Å². The summed E-state index contributed by atoms with van der Waals surface area (Å²) in [7, 11) is 0. The van der Waals surface area contributed by atoms with Gasteiger partial charge in [0.15, 0.2) is 0 Å². The molecule has 0 N–H and O–H groups in total. The third-order valence-corrected chi connectivity index (χ3v) is 4.95. The zero-order valence-corrected chi connectivity index (χ0v) is 15.4. The van der Waals surface area contributed by atoms with Crippen molar-refractivity contribution >= 4 is 32.7 Å². The van der Waals surface area contributed by atoms with Gasteiger partial charge < -0.3 is 4.74 Å². The van der Waals surface area contributed by atoms with Crippen LogP contribution in [0, 0.1) is 0 Å².